The highest BCUT2D eigenvalue weighted by molar-refractivity contribution is 5.73. The lowest BCUT2D eigenvalue weighted by Crippen LogP contribution is -2.27. The van der Waals surface area contributed by atoms with E-state index in [1.165, 1.54) is 32.4 Å². The van der Waals surface area contributed by atoms with Crippen LogP contribution in [0.1, 0.15) is 11.7 Å². The van der Waals surface area contributed by atoms with Gasteiger partial charge in [0.1, 0.15) is 6.10 Å². The zero-order valence-corrected chi connectivity index (χ0v) is 9.45. The largest absolute Gasteiger partial charge is 0.493 e. The monoisotopic (exact) mass is 242 g/mol. The first-order valence-electron chi connectivity index (χ1n) is 4.82. The number of aliphatic carboxylic acids is 1. The molecule has 2 unspecified atom stereocenters. The summed E-state index contributed by atoms with van der Waals surface area (Å²) in [6, 6.07) is 4.39. The van der Waals surface area contributed by atoms with E-state index in [9.17, 15) is 15.0 Å². The number of hydrogen-bond donors (Lipinski definition) is 3. The fraction of sp³-hybridized carbons (Fsp3) is 0.364. The lowest BCUT2D eigenvalue weighted by Gasteiger charge is -2.16. The van der Waals surface area contributed by atoms with Gasteiger partial charge >= 0.3 is 5.97 Å². The number of hydrogen-bond acceptors (Lipinski definition) is 5. The van der Waals surface area contributed by atoms with Gasteiger partial charge in [0.2, 0.25) is 0 Å². The van der Waals surface area contributed by atoms with Gasteiger partial charge in [0.15, 0.2) is 17.6 Å². The van der Waals surface area contributed by atoms with Crippen LogP contribution in [-0.2, 0) is 4.79 Å². The number of benzene rings is 1. The molecular weight excluding hydrogens is 228 g/mol. The Morgan fingerprint density at radius 2 is 1.76 bits per heavy atom. The van der Waals surface area contributed by atoms with Crippen LogP contribution < -0.4 is 9.47 Å². The molecule has 94 valence electrons. The fourth-order valence-corrected chi connectivity index (χ4v) is 1.35. The van der Waals surface area contributed by atoms with Crippen molar-refractivity contribution in [3.05, 3.63) is 23.8 Å². The molecule has 1 aromatic rings. The molecule has 0 radical (unpaired) electrons. The second-order valence-corrected chi connectivity index (χ2v) is 3.34. The normalized spacial score (nSPS) is 13.9. The van der Waals surface area contributed by atoms with E-state index in [0.717, 1.165) is 0 Å². The molecule has 0 aromatic heterocycles. The van der Waals surface area contributed by atoms with Crippen LogP contribution >= 0.6 is 0 Å². The van der Waals surface area contributed by atoms with Crippen molar-refractivity contribution in [2.24, 2.45) is 0 Å². The molecule has 0 fully saturated rings. The van der Waals surface area contributed by atoms with Crippen LogP contribution in [0.5, 0.6) is 11.5 Å². The SMILES string of the molecule is COc1ccc(C(O)C(O)C(=O)O)cc1OC. The highest BCUT2D eigenvalue weighted by atomic mass is 16.5. The number of rotatable bonds is 5. The van der Waals surface area contributed by atoms with Crippen molar-refractivity contribution in [1.29, 1.82) is 0 Å². The molecule has 0 aliphatic heterocycles. The Morgan fingerprint density at radius 3 is 2.24 bits per heavy atom. The predicted octanol–water partition coefficient (Wildman–Crippen LogP) is 0.183. The first-order chi connectivity index (χ1) is 8.01. The minimum atomic E-state index is -1.88. The summed E-state index contributed by atoms with van der Waals surface area (Å²) in [5.74, 6) is -0.692. The Kier molecular flexibility index (Phi) is 4.30. The van der Waals surface area contributed by atoms with Gasteiger partial charge in [-0.1, -0.05) is 6.07 Å². The molecule has 6 heteroatoms. The molecule has 2 atom stereocenters. The maximum absolute atomic E-state index is 10.5. The van der Waals surface area contributed by atoms with Crippen LogP contribution in [0.25, 0.3) is 0 Å². The van der Waals surface area contributed by atoms with Gasteiger partial charge in [-0.25, -0.2) is 4.79 Å². The number of ether oxygens (including phenoxy) is 2. The summed E-state index contributed by atoms with van der Waals surface area (Å²) >= 11 is 0. The Labute approximate surface area is 98.0 Å². The Morgan fingerprint density at radius 1 is 1.18 bits per heavy atom. The van der Waals surface area contributed by atoms with Crippen molar-refractivity contribution in [2.75, 3.05) is 14.2 Å². The fourth-order valence-electron chi connectivity index (χ4n) is 1.35. The number of methoxy groups -OCH3 is 2. The van der Waals surface area contributed by atoms with Crippen LogP contribution in [0.2, 0.25) is 0 Å². The van der Waals surface area contributed by atoms with Crippen LogP contribution in [-0.4, -0.2) is 41.6 Å². The van der Waals surface area contributed by atoms with Crippen molar-refractivity contribution in [1.82, 2.24) is 0 Å². The zero-order chi connectivity index (χ0) is 13.0. The van der Waals surface area contributed by atoms with Crippen LogP contribution in [0, 0.1) is 0 Å². The summed E-state index contributed by atoms with van der Waals surface area (Å²) in [5.41, 5.74) is 0.234. The summed E-state index contributed by atoms with van der Waals surface area (Å²) in [7, 11) is 2.88. The second kappa shape index (κ2) is 5.51. The van der Waals surface area contributed by atoms with Crippen molar-refractivity contribution in [2.45, 2.75) is 12.2 Å². The van der Waals surface area contributed by atoms with E-state index in [1.54, 1.807) is 0 Å². The third kappa shape index (κ3) is 2.86. The molecule has 1 rings (SSSR count). The molecule has 0 saturated carbocycles. The van der Waals surface area contributed by atoms with Gasteiger partial charge in [0.05, 0.1) is 14.2 Å². The number of aliphatic hydroxyl groups is 2. The van der Waals surface area contributed by atoms with Gasteiger partial charge in [-0.15, -0.1) is 0 Å². The lowest BCUT2D eigenvalue weighted by molar-refractivity contribution is -0.153. The highest BCUT2D eigenvalue weighted by Gasteiger charge is 2.25. The van der Waals surface area contributed by atoms with Gasteiger partial charge in [0, 0.05) is 0 Å². The summed E-state index contributed by atoms with van der Waals surface area (Å²) in [5, 5.41) is 27.4. The third-order valence-corrected chi connectivity index (χ3v) is 2.30. The summed E-state index contributed by atoms with van der Waals surface area (Å²) in [6.07, 6.45) is -3.40. The van der Waals surface area contributed by atoms with E-state index >= 15 is 0 Å². The average molecular weight is 242 g/mol. The maximum atomic E-state index is 10.5. The Balaban J connectivity index is 3.03. The smallest absolute Gasteiger partial charge is 0.335 e. The minimum absolute atomic E-state index is 0.234. The van der Waals surface area contributed by atoms with E-state index < -0.39 is 18.2 Å². The van der Waals surface area contributed by atoms with Crippen LogP contribution in [0.15, 0.2) is 18.2 Å². The summed E-state index contributed by atoms with van der Waals surface area (Å²) in [6.45, 7) is 0. The molecule has 0 amide bonds. The predicted molar refractivity (Wildman–Crippen MR) is 58.1 cm³/mol. The summed E-state index contributed by atoms with van der Waals surface area (Å²) < 4.78 is 10.00. The molecule has 0 saturated heterocycles. The maximum Gasteiger partial charge on any atom is 0.335 e. The van der Waals surface area contributed by atoms with Gasteiger partial charge in [-0.3, -0.25) is 0 Å². The minimum Gasteiger partial charge on any atom is -0.493 e. The molecule has 1 aromatic carbocycles. The molecule has 0 spiro atoms. The molecular formula is C11H14O6. The first kappa shape index (κ1) is 13.3. The van der Waals surface area contributed by atoms with E-state index in [1.807, 2.05) is 0 Å². The van der Waals surface area contributed by atoms with E-state index in [4.69, 9.17) is 14.6 Å². The number of carbonyl (C=O) groups is 1. The van der Waals surface area contributed by atoms with Crippen molar-refractivity contribution in [3.63, 3.8) is 0 Å². The molecule has 3 N–H and O–H groups in total. The van der Waals surface area contributed by atoms with Gasteiger partial charge in [0.25, 0.3) is 0 Å². The van der Waals surface area contributed by atoms with E-state index in [-0.39, 0.29) is 5.56 Å². The van der Waals surface area contributed by atoms with Gasteiger partial charge in [-0.2, -0.15) is 0 Å². The molecule has 17 heavy (non-hydrogen) atoms. The highest BCUT2D eigenvalue weighted by Crippen LogP contribution is 2.30. The van der Waals surface area contributed by atoms with Crippen LogP contribution in [0.3, 0.4) is 0 Å². The quantitative estimate of drug-likeness (QED) is 0.681. The third-order valence-electron chi connectivity index (χ3n) is 2.30. The molecule has 6 nitrogen and oxygen atoms in total. The Bertz CT molecular complexity index is 403. The van der Waals surface area contributed by atoms with E-state index in [0.29, 0.717) is 11.5 Å². The number of aliphatic hydroxyl groups excluding tert-OH is 2. The standard InChI is InChI=1S/C11H14O6/c1-16-7-4-3-6(5-8(7)17-2)9(12)10(13)11(14)15/h3-5,9-10,12-13H,1-2H3,(H,14,15). The van der Waals surface area contributed by atoms with E-state index in [2.05, 4.69) is 0 Å². The molecule has 0 heterocycles. The van der Waals surface area contributed by atoms with Gasteiger partial charge in [-0.05, 0) is 17.7 Å². The molecule has 0 aliphatic carbocycles. The average Bonchev–Trinajstić information content (AvgIpc) is 2.35. The second-order valence-electron chi connectivity index (χ2n) is 3.34. The topological polar surface area (TPSA) is 96.2 Å². The van der Waals surface area contributed by atoms with Crippen molar-refractivity contribution in [3.8, 4) is 11.5 Å². The summed E-state index contributed by atoms with van der Waals surface area (Å²) in [4.78, 5) is 10.5. The van der Waals surface area contributed by atoms with Crippen molar-refractivity contribution >= 4 is 5.97 Å². The Hall–Kier alpha value is -1.79. The molecule has 0 bridgehead atoms. The number of carboxylic acids is 1. The lowest BCUT2D eigenvalue weighted by atomic mass is 10.0. The van der Waals surface area contributed by atoms with Crippen LogP contribution in [0.4, 0.5) is 0 Å². The molecule has 0 aliphatic rings. The number of carboxylic acid groups (broad SMARTS) is 1. The van der Waals surface area contributed by atoms with Gasteiger partial charge < -0.3 is 24.8 Å². The van der Waals surface area contributed by atoms with Crippen molar-refractivity contribution < 1.29 is 29.6 Å². The zero-order valence-electron chi connectivity index (χ0n) is 9.45. The first-order valence-corrected chi connectivity index (χ1v) is 4.82.